The number of rotatable bonds is 7. The smallest absolute Gasteiger partial charge is 0.264 e. The van der Waals surface area contributed by atoms with Gasteiger partial charge in [0.1, 0.15) is 0 Å². The molecule has 1 amide bonds. The van der Waals surface area contributed by atoms with E-state index in [4.69, 9.17) is 9.29 Å². The molecule has 0 radical (unpaired) electrons. The highest BCUT2D eigenvalue weighted by atomic mass is 32.2. The number of carbonyl (C=O) groups excluding carboxylic acids is 1. The lowest BCUT2D eigenvalue weighted by atomic mass is 9.96. The van der Waals surface area contributed by atoms with Crippen molar-refractivity contribution >= 4 is 16.0 Å². The van der Waals surface area contributed by atoms with Crippen LogP contribution in [0.1, 0.15) is 27.2 Å². The minimum atomic E-state index is -3.90. The second kappa shape index (κ2) is 6.93. The number of nitrogens with one attached hydrogen (secondary N) is 1. The molecule has 0 aromatic heterocycles. The van der Waals surface area contributed by atoms with Gasteiger partial charge in [-0.25, -0.2) is 0 Å². The maximum Gasteiger partial charge on any atom is 0.264 e. The predicted molar refractivity (Wildman–Crippen MR) is 64.3 cm³/mol. The molecule has 0 saturated carbocycles. The normalized spacial score (nSPS) is 12.5. The summed E-state index contributed by atoms with van der Waals surface area (Å²) < 4.78 is 34.3. The lowest BCUT2D eigenvalue weighted by Crippen LogP contribution is -2.36. The van der Waals surface area contributed by atoms with Gasteiger partial charge in [0.15, 0.2) is 0 Å². The minimum Gasteiger partial charge on any atom is -0.380 e. The van der Waals surface area contributed by atoms with Crippen LogP contribution in [-0.2, 0) is 19.6 Å². The van der Waals surface area contributed by atoms with Crippen LogP contribution in [0.2, 0.25) is 0 Å². The molecule has 102 valence electrons. The average molecular weight is 267 g/mol. The lowest BCUT2D eigenvalue weighted by molar-refractivity contribution is -0.128. The summed E-state index contributed by atoms with van der Waals surface area (Å²) in [4.78, 5) is 11.4. The molecule has 0 aliphatic rings. The first-order valence-corrected chi connectivity index (χ1v) is 7.05. The molecule has 0 atom stereocenters. The maximum atomic E-state index is 11.4. The number of hydrogen-bond acceptors (Lipinski definition) is 4. The van der Waals surface area contributed by atoms with Gasteiger partial charge in [-0.05, 0) is 6.42 Å². The van der Waals surface area contributed by atoms with E-state index in [-0.39, 0.29) is 24.7 Å². The first-order chi connectivity index (χ1) is 7.63. The van der Waals surface area contributed by atoms with Crippen molar-refractivity contribution < 1.29 is 22.5 Å². The Morgan fingerprint density at radius 3 is 2.35 bits per heavy atom. The molecule has 0 aromatic carbocycles. The Bertz CT molecular complexity index is 331. The highest BCUT2D eigenvalue weighted by Gasteiger charge is 2.20. The molecule has 0 aromatic rings. The van der Waals surface area contributed by atoms with Crippen molar-refractivity contribution in [3.05, 3.63) is 0 Å². The van der Waals surface area contributed by atoms with Crippen LogP contribution in [0.25, 0.3) is 0 Å². The van der Waals surface area contributed by atoms with Crippen LogP contribution in [0.3, 0.4) is 0 Å². The third kappa shape index (κ3) is 10.2. The summed E-state index contributed by atoms with van der Waals surface area (Å²) in [6, 6.07) is 0. The van der Waals surface area contributed by atoms with E-state index in [0.717, 1.165) is 0 Å². The highest BCUT2D eigenvalue weighted by molar-refractivity contribution is 7.85. The van der Waals surface area contributed by atoms with Crippen LogP contribution in [0.5, 0.6) is 0 Å². The fourth-order valence-corrected chi connectivity index (χ4v) is 1.43. The first kappa shape index (κ1) is 16.3. The van der Waals surface area contributed by atoms with Crippen LogP contribution in [-0.4, -0.2) is 44.4 Å². The molecule has 2 N–H and O–H groups in total. The Morgan fingerprint density at radius 1 is 1.29 bits per heavy atom. The van der Waals surface area contributed by atoms with Crippen molar-refractivity contribution in [3.8, 4) is 0 Å². The van der Waals surface area contributed by atoms with E-state index >= 15 is 0 Å². The van der Waals surface area contributed by atoms with Crippen LogP contribution in [0.4, 0.5) is 0 Å². The second-order valence-corrected chi connectivity index (χ2v) is 6.33. The summed E-state index contributed by atoms with van der Waals surface area (Å²) in [6.07, 6.45) is 0.242. The van der Waals surface area contributed by atoms with Crippen LogP contribution >= 0.6 is 0 Å². The van der Waals surface area contributed by atoms with Crippen molar-refractivity contribution in [2.45, 2.75) is 27.2 Å². The zero-order valence-corrected chi connectivity index (χ0v) is 11.3. The van der Waals surface area contributed by atoms with E-state index in [0.29, 0.717) is 13.2 Å². The van der Waals surface area contributed by atoms with Gasteiger partial charge in [-0.3, -0.25) is 9.35 Å². The average Bonchev–Trinajstić information content (AvgIpc) is 2.12. The summed E-state index contributed by atoms with van der Waals surface area (Å²) in [7, 11) is -3.90. The fourth-order valence-electron chi connectivity index (χ4n) is 0.947. The molecule has 7 heteroatoms. The molecule has 17 heavy (non-hydrogen) atoms. The molecule has 0 fully saturated rings. The van der Waals surface area contributed by atoms with Crippen LogP contribution < -0.4 is 5.32 Å². The Kier molecular flexibility index (Phi) is 6.66. The van der Waals surface area contributed by atoms with Gasteiger partial charge in [-0.2, -0.15) is 8.42 Å². The molecular formula is C10H21NO5S. The zero-order valence-electron chi connectivity index (χ0n) is 10.5. The van der Waals surface area contributed by atoms with E-state index in [1.807, 2.05) is 20.8 Å². The monoisotopic (exact) mass is 267 g/mol. The third-order valence-electron chi connectivity index (χ3n) is 1.90. The molecule has 0 saturated heterocycles. The maximum absolute atomic E-state index is 11.4. The molecule has 6 nitrogen and oxygen atoms in total. The summed E-state index contributed by atoms with van der Waals surface area (Å²) in [5.41, 5.74) is -0.426. The third-order valence-corrected chi connectivity index (χ3v) is 2.71. The summed E-state index contributed by atoms with van der Waals surface area (Å²) in [5, 5.41) is 2.70. The van der Waals surface area contributed by atoms with Gasteiger partial charge in [0.05, 0.1) is 12.4 Å². The van der Waals surface area contributed by atoms with Gasteiger partial charge in [-0.1, -0.05) is 20.8 Å². The molecule has 0 spiro atoms. The molecule has 0 rings (SSSR count). The quantitative estimate of drug-likeness (QED) is 0.516. The molecule has 0 heterocycles. The number of carbonyl (C=O) groups is 1. The summed E-state index contributed by atoms with van der Waals surface area (Å²) in [6.45, 7) is 6.40. The Morgan fingerprint density at radius 2 is 1.88 bits per heavy atom. The molecule has 0 bridgehead atoms. The number of amides is 1. The van der Waals surface area contributed by atoms with E-state index in [1.165, 1.54) is 0 Å². The van der Waals surface area contributed by atoms with E-state index in [9.17, 15) is 13.2 Å². The second-order valence-electron chi connectivity index (χ2n) is 4.76. The fraction of sp³-hybridized carbons (Fsp3) is 0.900. The Hall–Kier alpha value is -0.660. The summed E-state index contributed by atoms with van der Waals surface area (Å²) in [5.74, 6) is -0.361. The van der Waals surface area contributed by atoms with Crippen molar-refractivity contribution in [3.63, 3.8) is 0 Å². The van der Waals surface area contributed by atoms with Crippen LogP contribution in [0, 0.1) is 5.41 Å². The van der Waals surface area contributed by atoms with Crippen molar-refractivity contribution in [1.29, 1.82) is 0 Å². The predicted octanol–water partition coefficient (Wildman–Crippen LogP) is 0.443. The largest absolute Gasteiger partial charge is 0.380 e. The van der Waals surface area contributed by atoms with Gasteiger partial charge in [0.25, 0.3) is 10.1 Å². The van der Waals surface area contributed by atoms with Crippen molar-refractivity contribution in [1.82, 2.24) is 5.32 Å². The van der Waals surface area contributed by atoms with Gasteiger partial charge in [-0.15, -0.1) is 0 Å². The standard InChI is InChI=1S/C10H21NO5S/c1-10(2,3)9(12)11-5-7-16-6-4-8-17(13,14)15/h4-8H2,1-3H3,(H,11,12)(H,13,14,15). The van der Waals surface area contributed by atoms with Crippen molar-refractivity contribution in [2.75, 3.05) is 25.5 Å². The number of ether oxygens (including phenoxy) is 1. The first-order valence-electron chi connectivity index (χ1n) is 5.44. The lowest BCUT2D eigenvalue weighted by Gasteiger charge is -2.17. The van der Waals surface area contributed by atoms with E-state index in [2.05, 4.69) is 5.32 Å². The topological polar surface area (TPSA) is 92.7 Å². The van der Waals surface area contributed by atoms with Gasteiger partial charge in [0, 0.05) is 18.6 Å². The van der Waals surface area contributed by atoms with Crippen LogP contribution in [0.15, 0.2) is 0 Å². The molecule has 0 aliphatic carbocycles. The van der Waals surface area contributed by atoms with E-state index < -0.39 is 15.5 Å². The highest BCUT2D eigenvalue weighted by Crippen LogP contribution is 2.11. The molecule has 0 aliphatic heterocycles. The van der Waals surface area contributed by atoms with Gasteiger partial charge >= 0.3 is 0 Å². The van der Waals surface area contributed by atoms with E-state index in [1.54, 1.807) is 0 Å². The molecular weight excluding hydrogens is 246 g/mol. The minimum absolute atomic E-state index is 0.0564. The zero-order chi connectivity index (χ0) is 13.5. The van der Waals surface area contributed by atoms with Gasteiger partial charge < -0.3 is 10.1 Å². The Balaban J connectivity index is 3.45. The molecule has 0 unspecified atom stereocenters. The Labute approximate surface area is 102 Å². The van der Waals surface area contributed by atoms with Crippen molar-refractivity contribution in [2.24, 2.45) is 5.41 Å². The SMILES string of the molecule is CC(C)(C)C(=O)NCCOCCCS(=O)(=O)O. The number of hydrogen-bond donors (Lipinski definition) is 2. The summed E-state index contributed by atoms with van der Waals surface area (Å²) >= 11 is 0. The van der Waals surface area contributed by atoms with Gasteiger partial charge in [0.2, 0.25) is 5.91 Å².